The lowest BCUT2D eigenvalue weighted by Gasteiger charge is -2.43. The summed E-state index contributed by atoms with van der Waals surface area (Å²) in [5.41, 5.74) is 1.70. The van der Waals surface area contributed by atoms with Gasteiger partial charge in [-0.2, -0.15) is 0 Å². The SMILES string of the molecule is CNC1(C)CCCN(C(C)c2ccccc2)C1. The van der Waals surface area contributed by atoms with Gasteiger partial charge in [0.2, 0.25) is 0 Å². The summed E-state index contributed by atoms with van der Waals surface area (Å²) in [6.07, 6.45) is 2.57. The third-order valence-electron chi connectivity index (χ3n) is 4.16. The molecule has 0 amide bonds. The van der Waals surface area contributed by atoms with Gasteiger partial charge in [0.15, 0.2) is 0 Å². The Kier molecular flexibility index (Phi) is 3.85. The molecule has 2 unspecified atom stereocenters. The van der Waals surface area contributed by atoms with E-state index in [0.717, 1.165) is 6.54 Å². The molecule has 1 aliphatic rings. The third kappa shape index (κ3) is 2.88. The van der Waals surface area contributed by atoms with Crippen molar-refractivity contribution in [3.05, 3.63) is 35.9 Å². The van der Waals surface area contributed by atoms with Gasteiger partial charge in [0.1, 0.15) is 0 Å². The number of nitrogens with one attached hydrogen (secondary N) is 1. The zero-order valence-electron chi connectivity index (χ0n) is 11.2. The second kappa shape index (κ2) is 5.19. The molecule has 0 bridgehead atoms. The maximum atomic E-state index is 3.47. The topological polar surface area (TPSA) is 15.3 Å². The van der Waals surface area contributed by atoms with E-state index in [1.165, 1.54) is 24.9 Å². The van der Waals surface area contributed by atoms with Crippen LogP contribution in [0.1, 0.15) is 38.3 Å². The second-order valence-electron chi connectivity index (χ2n) is 5.47. The zero-order valence-corrected chi connectivity index (χ0v) is 11.2. The van der Waals surface area contributed by atoms with Crippen LogP contribution in [0.3, 0.4) is 0 Å². The summed E-state index contributed by atoms with van der Waals surface area (Å²) in [4.78, 5) is 2.59. The summed E-state index contributed by atoms with van der Waals surface area (Å²) in [6, 6.07) is 11.3. The van der Waals surface area contributed by atoms with E-state index in [0.29, 0.717) is 6.04 Å². The van der Waals surface area contributed by atoms with Gasteiger partial charge >= 0.3 is 0 Å². The molecule has 2 rings (SSSR count). The molecule has 1 aromatic carbocycles. The highest BCUT2D eigenvalue weighted by atomic mass is 15.2. The van der Waals surface area contributed by atoms with Gasteiger partial charge in [0, 0.05) is 18.1 Å². The van der Waals surface area contributed by atoms with E-state index in [9.17, 15) is 0 Å². The highest BCUT2D eigenvalue weighted by Crippen LogP contribution is 2.28. The largest absolute Gasteiger partial charge is 0.313 e. The minimum absolute atomic E-state index is 0.279. The first-order chi connectivity index (χ1) is 8.14. The zero-order chi connectivity index (χ0) is 12.3. The minimum atomic E-state index is 0.279. The average molecular weight is 232 g/mol. The van der Waals surface area contributed by atoms with Crippen LogP contribution in [0.5, 0.6) is 0 Å². The number of hydrogen-bond donors (Lipinski definition) is 1. The molecule has 2 nitrogen and oxygen atoms in total. The second-order valence-corrected chi connectivity index (χ2v) is 5.47. The lowest BCUT2D eigenvalue weighted by atomic mass is 9.89. The minimum Gasteiger partial charge on any atom is -0.313 e. The van der Waals surface area contributed by atoms with E-state index in [-0.39, 0.29) is 5.54 Å². The average Bonchev–Trinajstić information content (AvgIpc) is 2.39. The maximum absolute atomic E-state index is 3.47. The van der Waals surface area contributed by atoms with Gasteiger partial charge in [-0.3, -0.25) is 4.90 Å². The normalized spacial score (nSPS) is 27.9. The summed E-state index contributed by atoms with van der Waals surface area (Å²) in [5.74, 6) is 0. The van der Waals surface area contributed by atoms with Crippen LogP contribution in [0.4, 0.5) is 0 Å². The Balaban J connectivity index is 2.07. The number of rotatable bonds is 3. The van der Waals surface area contributed by atoms with Crippen molar-refractivity contribution in [1.29, 1.82) is 0 Å². The van der Waals surface area contributed by atoms with E-state index < -0.39 is 0 Å². The van der Waals surface area contributed by atoms with Crippen molar-refractivity contribution >= 4 is 0 Å². The fourth-order valence-corrected chi connectivity index (χ4v) is 2.76. The van der Waals surface area contributed by atoms with Crippen molar-refractivity contribution in [3.8, 4) is 0 Å². The van der Waals surface area contributed by atoms with Gasteiger partial charge in [-0.15, -0.1) is 0 Å². The molecule has 1 aromatic rings. The van der Waals surface area contributed by atoms with Gasteiger partial charge in [0.25, 0.3) is 0 Å². The smallest absolute Gasteiger partial charge is 0.0320 e. The Morgan fingerprint density at radius 2 is 2.00 bits per heavy atom. The molecular formula is C15H24N2. The summed E-state index contributed by atoms with van der Waals surface area (Å²) < 4.78 is 0. The van der Waals surface area contributed by atoms with Gasteiger partial charge in [-0.05, 0) is 45.8 Å². The number of piperidine rings is 1. The van der Waals surface area contributed by atoms with Crippen LogP contribution in [0, 0.1) is 0 Å². The molecule has 0 saturated carbocycles. The van der Waals surface area contributed by atoms with Gasteiger partial charge in [0.05, 0.1) is 0 Å². The highest BCUT2D eigenvalue weighted by molar-refractivity contribution is 5.18. The number of likely N-dealkylation sites (N-methyl/N-ethyl adjacent to an activating group) is 1. The molecule has 1 aliphatic heterocycles. The molecule has 1 N–H and O–H groups in total. The Labute approximate surface area is 105 Å². The number of likely N-dealkylation sites (tertiary alicyclic amines) is 1. The van der Waals surface area contributed by atoms with Crippen LogP contribution in [0.15, 0.2) is 30.3 Å². The predicted molar refractivity (Wildman–Crippen MR) is 73.1 cm³/mol. The molecule has 17 heavy (non-hydrogen) atoms. The fraction of sp³-hybridized carbons (Fsp3) is 0.600. The van der Waals surface area contributed by atoms with Crippen LogP contribution in [0.2, 0.25) is 0 Å². The van der Waals surface area contributed by atoms with Gasteiger partial charge < -0.3 is 5.32 Å². The maximum Gasteiger partial charge on any atom is 0.0320 e. The molecule has 94 valence electrons. The van der Waals surface area contributed by atoms with Crippen LogP contribution < -0.4 is 5.32 Å². The van der Waals surface area contributed by atoms with E-state index in [1.54, 1.807) is 0 Å². The number of benzene rings is 1. The van der Waals surface area contributed by atoms with Crippen LogP contribution in [-0.2, 0) is 0 Å². The van der Waals surface area contributed by atoms with Crippen LogP contribution in [-0.4, -0.2) is 30.6 Å². The lowest BCUT2D eigenvalue weighted by Crippen LogP contribution is -2.54. The monoisotopic (exact) mass is 232 g/mol. The van der Waals surface area contributed by atoms with Crippen LogP contribution >= 0.6 is 0 Å². The summed E-state index contributed by atoms with van der Waals surface area (Å²) in [6.45, 7) is 7.00. The standard InChI is InChI=1S/C15H24N2/c1-13(14-8-5-4-6-9-14)17-11-7-10-15(2,12-17)16-3/h4-6,8-9,13,16H,7,10-12H2,1-3H3. The van der Waals surface area contributed by atoms with E-state index in [2.05, 4.69) is 61.4 Å². The molecule has 1 heterocycles. The summed E-state index contributed by atoms with van der Waals surface area (Å²) >= 11 is 0. The first-order valence-corrected chi connectivity index (χ1v) is 6.62. The molecule has 2 atom stereocenters. The number of nitrogens with zero attached hydrogens (tertiary/aromatic N) is 1. The molecule has 0 aromatic heterocycles. The molecule has 1 fully saturated rings. The molecule has 0 radical (unpaired) electrons. The number of hydrogen-bond acceptors (Lipinski definition) is 2. The van der Waals surface area contributed by atoms with Crippen molar-refractivity contribution in [2.75, 3.05) is 20.1 Å². The first kappa shape index (κ1) is 12.6. The van der Waals surface area contributed by atoms with Crippen molar-refractivity contribution in [3.63, 3.8) is 0 Å². The van der Waals surface area contributed by atoms with E-state index >= 15 is 0 Å². The molecule has 1 saturated heterocycles. The molecule has 0 aliphatic carbocycles. The Morgan fingerprint density at radius 1 is 1.29 bits per heavy atom. The first-order valence-electron chi connectivity index (χ1n) is 6.62. The van der Waals surface area contributed by atoms with Crippen molar-refractivity contribution in [2.24, 2.45) is 0 Å². The summed E-state index contributed by atoms with van der Waals surface area (Å²) in [7, 11) is 2.08. The Bertz CT molecular complexity index is 349. The quantitative estimate of drug-likeness (QED) is 0.862. The Morgan fingerprint density at radius 3 is 2.65 bits per heavy atom. The molecule has 0 spiro atoms. The van der Waals surface area contributed by atoms with E-state index in [4.69, 9.17) is 0 Å². The Hall–Kier alpha value is -0.860. The molecular weight excluding hydrogens is 208 g/mol. The van der Waals surface area contributed by atoms with Gasteiger partial charge in [-0.1, -0.05) is 30.3 Å². The molecule has 2 heteroatoms. The van der Waals surface area contributed by atoms with Crippen molar-refractivity contribution < 1.29 is 0 Å². The predicted octanol–water partition coefficient (Wildman–Crippen LogP) is 2.82. The summed E-state index contributed by atoms with van der Waals surface area (Å²) in [5, 5.41) is 3.47. The van der Waals surface area contributed by atoms with Crippen molar-refractivity contribution in [2.45, 2.75) is 38.3 Å². The van der Waals surface area contributed by atoms with E-state index in [1.807, 2.05) is 0 Å². The third-order valence-corrected chi connectivity index (χ3v) is 4.16. The highest BCUT2D eigenvalue weighted by Gasteiger charge is 2.31. The fourth-order valence-electron chi connectivity index (χ4n) is 2.76. The lowest BCUT2D eigenvalue weighted by molar-refractivity contribution is 0.104. The van der Waals surface area contributed by atoms with Crippen molar-refractivity contribution in [1.82, 2.24) is 10.2 Å². The van der Waals surface area contributed by atoms with Crippen LogP contribution in [0.25, 0.3) is 0 Å². The van der Waals surface area contributed by atoms with Gasteiger partial charge in [-0.25, -0.2) is 0 Å².